The molecule has 4 nitrogen and oxygen atoms in total. The van der Waals surface area contributed by atoms with Crippen LogP contribution in [0, 0.1) is 0 Å². The van der Waals surface area contributed by atoms with E-state index in [1.165, 1.54) is 10.8 Å². The highest BCUT2D eigenvalue weighted by Gasteiger charge is 2.17. The Kier molecular flexibility index (Phi) is 2.58. The van der Waals surface area contributed by atoms with E-state index in [1.54, 1.807) is 12.5 Å². The smallest absolute Gasteiger partial charge is 0.168 e. The lowest BCUT2D eigenvalue weighted by Gasteiger charge is -2.09. The zero-order valence-electron chi connectivity index (χ0n) is 13.8. The van der Waals surface area contributed by atoms with Crippen molar-refractivity contribution >= 4 is 43.5 Å². The Bertz CT molecular complexity index is 1440. The standard InChI is InChI=1S/C22H13N3O/c1-2-6-15-14(5-1)13-23-24-22(15)25-18-8-4-3-7-16(18)21-17-11-12-26-20(17)10-9-19(21)25/h1-13H. The lowest BCUT2D eigenvalue weighted by Crippen LogP contribution is -2.00. The number of rotatable bonds is 1. The quantitative estimate of drug-likeness (QED) is 0.400. The molecule has 0 radical (unpaired) electrons. The summed E-state index contributed by atoms with van der Waals surface area (Å²) in [6.07, 6.45) is 3.55. The van der Waals surface area contributed by atoms with Crippen LogP contribution in [0.4, 0.5) is 0 Å². The van der Waals surface area contributed by atoms with E-state index in [2.05, 4.69) is 57.2 Å². The highest BCUT2D eigenvalue weighted by atomic mass is 16.3. The second-order valence-electron chi connectivity index (χ2n) is 6.40. The molecule has 0 N–H and O–H groups in total. The fraction of sp³-hybridized carbons (Fsp3) is 0. The molecule has 0 aliphatic heterocycles. The van der Waals surface area contributed by atoms with Gasteiger partial charge in [-0.05, 0) is 24.3 Å². The van der Waals surface area contributed by atoms with Crippen molar-refractivity contribution in [3.8, 4) is 5.82 Å². The molecule has 122 valence electrons. The molecule has 0 bridgehead atoms. The van der Waals surface area contributed by atoms with E-state index in [0.29, 0.717) is 0 Å². The number of aromatic nitrogens is 3. The maximum Gasteiger partial charge on any atom is 0.168 e. The molecule has 0 aliphatic rings. The van der Waals surface area contributed by atoms with Crippen LogP contribution in [-0.2, 0) is 0 Å². The minimum atomic E-state index is 0.845. The van der Waals surface area contributed by atoms with Crippen molar-refractivity contribution in [2.24, 2.45) is 0 Å². The van der Waals surface area contributed by atoms with Crippen molar-refractivity contribution in [3.63, 3.8) is 0 Å². The second-order valence-corrected chi connectivity index (χ2v) is 6.40. The highest BCUT2D eigenvalue weighted by Crippen LogP contribution is 2.37. The SMILES string of the molecule is c1ccc2c(-n3c4ccccc4c4c5ccoc5ccc43)nncc2c1. The number of para-hydroxylation sites is 1. The Hall–Kier alpha value is -3.66. The van der Waals surface area contributed by atoms with Crippen LogP contribution in [-0.4, -0.2) is 14.8 Å². The maximum atomic E-state index is 5.62. The summed E-state index contributed by atoms with van der Waals surface area (Å²) in [6, 6.07) is 22.8. The average molecular weight is 335 g/mol. The maximum absolute atomic E-state index is 5.62. The summed E-state index contributed by atoms with van der Waals surface area (Å²) in [5.41, 5.74) is 3.11. The van der Waals surface area contributed by atoms with Crippen molar-refractivity contribution in [3.05, 3.63) is 79.2 Å². The zero-order chi connectivity index (χ0) is 17.1. The summed E-state index contributed by atoms with van der Waals surface area (Å²) < 4.78 is 7.82. The third-order valence-electron chi connectivity index (χ3n) is 5.03. The van der Waals surface area contributed by atoms with Crippen molar-refractivity contribution in [2.45, 2.75) is 0 Å². The third-order valence-corrected chi connectivity index (χ3v) is 5.03. The molecule has 0 fully saturated rings. The third kappa shape index (κ3) is 1.68. The molecule has 0 unspecified atom stereocenters. The van der Waals surface area contributed by atoms with E-state index in [-0.39, 0.29) is 0 Å². The van der Waals surface area contributed by atoms with Crippen LogP contribution in [0.15, 0.2) is 83.6 Å². The van der Waals surface area contributed by atoms with Gasteiger partial charge in [0.15, 0.2) is 5.82 Å². The van der Waals surface area contributed by atoms with Crippen LogP contribution < -0.4 is 0 Å². The minimum absolute atomic E-state index is 0.845. The molecule has 0 aliphatic carbocycles. The van der Waals surface area contributed by atoms with E-state index in [9.17, 15) is 0 Å². The summed E-state index contributed by atoms with van der Waals surface area (Å²) >= 11 is 0. The Morgan fingerprint density at radius 2 is 1.58 bits per heavy atom. The Morgan fingerprint density at radius 1 is 0.731 bits per heavy atom. The lowest BCUT2D eigenvalue weighted by molar-refractivity contribution is 0.616. The molecule has 3 aromatic heterocycles. The molecule has 6 aromatic rings. The second kappa shape index (κ2) is 4.92. The van der Waals surface area contributed by atoms with Gasteiger partial charge in [-0.1, -0.05) is 42.5 Å². The molecule has 0 saturated carbocycles. The van der Waals surface area contributed by atoms with Crippen LogP contribution in [0.25, 0.3) is 49.4 Å². The first kappa shape index (κ1) is 13.6. The summed E-state index contributed by atoms with van der Waals surface area (Å²) in [4.78, 5) is 0. The Labute approximate surface area is 148 Å². The number of fused-ring (bicyclic) bond motifs is 6. The number of nitrogens with zero attached hydrogens (tertiary/aromatic N) is 3. The van der Waals surface area contributed by atoms with Gasteiger partial charge in [-0.15, -0.1) is 5.10 Å². The van der Waals surface area contributed by atoms with Crippen LogP contribution in [0.3, 0.4) is 0 Å². The van der Waals surface area contributed by atoms with Crippen molar-refractivity contribution in [1.29, 1.82) is 0 Å². The summed E-state index contributed by atoms with van der Waals surface area (Å²) in [5.74, 6) is 0.845. The van der Waals surface area contributed by atoms with Crippen LogP contribution >= 0.6 is 0 Å². The van der Waals surface area contributed by atoms with E-state index < -0.39 is 0 Å². The van der Waals surface area contributed by atoms with Gasteiger partial charge in [0.25, 0.3) is 0 Å². The van der Waals surface area contributed by atoms with Gasteiger partial charge in [-0.3, -0.25) is 4.57 Å². The Balaban J connectivity index is 1.89. The predicted molar refractivity (Wildman–Crippen MR) is 104 cm³/mol. The fourth-order valence-electron chi connectivity index (χ4n) is 3.92. The Morgan fingerprint density at radius 3 is 2.54 bits per heavy atom. The van der Waals surface area contributed by atoms with E-state index >= 15 is 0 Å². The first-order valence-electron chi connectivity index (χ1n) is 8.52. The number of benzene rings is 3. The highest BCUT2D eigenvalue weighted by molar-refractivity contribution is 6.20. The molecule has 0 spiro atoms. The number of hydrogen-bond donors (Lipinski definition) is 0. The summed E-state index contributed by atoms with van der Waals surface area (Å²) in [5, 5.41) is 14.4. The molecular weight excluding hydrogens is 322 g/mol. The molecular formula is C22H13N3O. The minimum Gasteiger partial charge on any atom is -0.464 e. The monoisotopic (exact) mass is 335 g/mol. The molecule has 3 heterocycles. The largest absolute Gasteiger partial charge is 0.464 e. The van der Waals surface area contributed by atoms with Gasteiger partial charge in [0.1, 0.15) is 5.58 Å². The van der Waals surface area contributed by atoms with E-state index in [0.717, 1.165) is 38.6 Å². The molecule has 26 heavy (non-hydrogen) atoms. The predicted octanol–water partition coefficient (Wildman–Crippen LogP) is 5.47. The van der Waals surface area contributed by atoms with Crippen LogP contribution in [0.2, 0.25) is 0 Å². The van der Waals surface area contributed by atoms with Crippen LogP contribution in [0.1, 0.15) is 0 Å². The van der Waals surface area contributed by atoms with Crippen molar-refractivity contribution < 1.29 is 4.42 Å². The first-order valence-corrected chi connectivity index (χ1v) is 8.52. The summed E-state index contributed by atoms with van der Waals surface area (Å²) in [7, 11) is 0. The topological polar surface area (TPSA) is 43.9 Å². The van der Waals surface area contributed by atoms with Gasteiger partial charge in [0.05, 0.1) is 23.5 Å². The van der Waals surface area contributed by atoms with Gasteiger partial charge in [-0.2, -0.15) is 5.10 Å². The van der Waals surface area contributed by atoms with Gasteiger partial charge in [0.2, 0.25) is 0 Å². The average Bonchev–Trinajstić information content (AvgIpc) is 3.29. The number of hydrogen-bond acceptors (Lipinski definition) is 3. The molecule has 0 atom stereocenters. The number of furan rings is 1. The normalized spacial score (nSPS) is 11.8. The molecule has 4 heteroatoms. The summed E-state index contributed by atoms with van der Waals surface area (Å²) in [6.45, 7) is 0. The molecule has 0 saturated heterocycles. The molecule has 0 amide bonds. The van der Waals surface area contributed by atoms with E-state index in [4.69, 9.17) is 4.42 Å². The van der Waals surface area contributed by atoms with Crippen molar-refractivity contribution in [1.82, 2.24) is 14.8 Å². The van der Waals surface area contributed by atoms with Gasteiger partial charge in [-0.25, -0.2) is 0 Å². The van der Waals surface area contributed by atoms with Gasteiger partial charge < -0.3 is 4.42 Å². The zero-order valence-corrected chi connectivity index (χ0v) is 13.8. The van der Waals surface area contributed by atoms with Crippen molar-refractivity contribution in [2.75, 3.05) is 0 Å². The fourth-order valence-corrected chi connectivity index (χ4v) is 3.92. The lowest BCUT2D eigenvalue weighted by atomic mass is 10.1. The molecule has 6 rings (SSSR count). The van der Waals surface area contributed by atoms with Gasteiger partial charge in [0, 0.05) is 26.9 Å². The first-order chi connectivity index (χ1) is 12.9. The molecule has 3 aromatic carbocycles. The van der Waals surface area contributed by atoms with Crippen LogP contribution in [0.5, 0.6) is 0 Å². The van der Waals surface area contributed by atoms with Gasteiger partial charge >= 0.3 is 0 Å². The van der Waals surface area contributed by atoms with E-state index in [1.807, 2.05) is 24.3 Å².